The predicted molar refractivity (Wildman–Crippen MR) is 83.5 cm³/mol. The van der Waals surface area contributed by atoms with E-state index in [1.807, 2.05) is 24.3 Å². The highest BCUT2D eigenvalue weighted by Crippen LogP contribution is 2.20. The number of halogens is 1. The Kier molecular flexibility index (Phi) is 5.02. The van der Waals surface area contributed by atoms with Gasteiger partial charge in [0.25, 0.3) is 5.91 Å². The molecular formula is C16H17ClN2O. The summed E-state index contributed by atoms with van der Waals surface area (Å²) in [4.78, 5) is 11.7. The Morgan fingerprint density at radius 3 is 2.60 bits per heavy atom. The van der Waals surface area contributed by atoms with Crippen molar-refractivity contribution < 1.29 is 4.79 Å². The van der Waals surface area contributed by atoms with Crippen molar-refractivity contribution in [3.8, 4) is 0 Å². The van der Waals surface area contributed by atoms with Crippen LogP contribution in [0.2, 0.25) is 5.02 Å². The van der Waals surface area contributed by atoms with Crippen LogP contribution in [0.4, 0.5) is 5.69 Å². The number of anilines is 1. The molecule has 0 atom stereocenters. The van der Waals surface area contributed by atoms with E-state index in [4.69, 9.17) is 11.6 Å². The van der Waals surface area contributed by atoms with E-state index in [1.165, 1.54) is 5.56 Å². The maximum Gasteiger partial charge on any atom is 0.252 e. The third kappa shape index (κ3) is 3.75. The molecule has 0 radical (unpaired) electrons. The second-order valence-electron chi connectivity index (χ2n) is 4.44. The van der Waals surface area contributed by atoms with Gasteiger partial charge in [0.1, 0.15) is 0 Å². The minimum Gasteiger partial charge on any atom is -0.385 e. The van der Waals surface area contributed by atoms with E-state index >= 15 is 0 Å². The first-order valence-corrected chi connectivity index (χ1v) is 6.88. The van der Waals surface area contributed by atoms with E-state index in [0.717, 1.165) is 18.7 Å². The molecule has 2 rings (SSSR count). The first-order chi connectivity index (χ1) is 9.70. The Hall–Kier alpha value is -2.00. The molecule has 0 saturated carbocycles. The molecule has 104 valence electrons. The number of nitrogens with one attached hydrogen (secondary N) is 2. The molecule has 0 heterocycles. The summed E-state index contributed by atoms with van der Waals surface area (Å²) >= 11 is 6.01. The molecule has 0 spiro atoms. The fourth-order valence-corrected chi connectivity index (χ4v) is 2.14. The highest BCUT2D eigenvalue weighted by atomic mass is 35.5. The van der Waals surface area contributed by atoms with Crippen LogP contribution in [-0.4, -0.2) is 19.5 Å². The quantitative estimate of drug-likeness (QED) is 0.886. The molecule has 2 N–H and O–H groups in total. The molecule has 0 aliphatic carbocycles. The number of rotatable bonds is 5. The van der Waals surface area contributed by atoms with Gasteiger partial charge in [0, 0.05) is 19.3 Å². The summed E-state index contributed by atoms with van der Waals surface area (Å²) in [5.41, 5.74) is 2.66. The molecule has 0 aliphatic heterocycles. The van der Waals surface area contributed by atoms with Crippen molar-refractivity contribution in [2.24, 2.45) is 0 Å². The second-order valence-corrected chi connectivity index (χ2v) is 4.84. The number of benzene rings is 2. The summed E-state index contributed by atoms with van der Waals surface area (Å²) in [6.07, 6.45) is 0.929. The monoisotopic (exact) mass is 288 g/mol. The van der Waals surface area contributed by atoms with Crippen LogP contribution in [0.1, 0.15) is 15.9 Å². The minimum atomic E-state index is -0.179. The molecule has 1 amide bonds. The van der Waals surface area contributed by atoms with Gasteiger partial charge < -0.3 is 10.6 Å². The number of carbonyl (C=O) groups excluding carboxylic acids is 1. The Bertz CT molecular complexity index is 584. The number of amides is 1. The van der Waals surface area contributed by atoms with Gasteiger partial charge in [-0.2, -0.15) is 0 Å². The zero-order valence-corrected chi connectivity index (χ0v) is 12.1. The fraction of sp³-hybridized carbons (Fsp3) is 0.188. The lowest BCUT2D eigenvalue weighted by Crippen LogP contribution is -2.18. The van der Waals surface area contributed by atoms with Gasteiger partial charge in [-0.3, -0.25) is 4.79 Å². The normalized spacial score (nSPS) is 10.1. The van der Waals surface area contributed by atoms with Crippen molar-refractivity contribution in [2.45, 2.75) is 6.42 Å². The smallest absolute Gasteiger partial charge is 0.252 e. The van der Waals surface area contributed by atoms with Crippen LogP contribution in [-0.2, 0) is 6.42 Å². The van der Waals surface area contributed by atoms with Gasteiger partial charge in [0.2, 0.25) is 0 Å². The van der Waals surface area contributed by atoms with Gasteiger partial charge in [0.15, 0.2) is 0 Å². The molecule has 4 heteroatoms. The van der Waals surface area contributed by atoms with Gasteiger partial charge in [-0.05, 0) is 30.2 Å². The summed E-state index contributed by atoms with van der Waals surface area (Å²) in [6.45, 7) is 0.804. The molecule has 2 aromatic rings. The molecule has 0 fully saturated rings. The molecule has 0 aromatic heterocycles. The van der Waals surface area contributed by atoms with Crippen molar-refractivity contribution in [1.29, 1.82) is 0 Å². The largest absolute Gasteiger partial charge is 0.385 e. The van der Waals surface area contributed by atoms with Gasteiger partial charge in [-0.1, -0.05) is 41.9 Å². The van der Waals surface area contributed by atoms with Gasteiger partial charge in [-0.25, -0.2) is 0 Å². The lowest BCUT2D eigenvalue weighted by atomic mass is 10.1. The van der Waals surface area contributed by atoms with Gasteiger partial charge >= 0.3 is 0 Å². The molecule has 2 aromatic carbocycles. The first-order valence-electron chi connectivity index (χ1n) is 6.50. The highest BCUT2D eigenvalue weighted by Gasteiger charge is 2.09. The SMILES string of the molecule is CNC(=O)c1cc(NCCc2ccccc2)ccc1Cl. The van der Waals surface area contributed by atoms with Crippen LogP contribution in [0.15, 0.2) is 48.5 Å². The Morgan fingerprint density at radius 2 is 1.90 bits per heavy atom. The molecule has 0 saturated heterocycles. The van der Waals surface area contributed by atoms with Gasteiger partial charge in [-0.15, -0.1) is 0 Å². The van der Waals surface area contributed by atoms with Crippen molar-refractivity contribution in [1.82, 2.24) is 5.32 Å². The summed E-state index contributed by atoms with van der Waals surface area (Å²) in [5.74, 6) is -0.179. The molecule has 3 nitrogen and oxygen atoms in total. The lowest BCUT2D eigenvalue weighted by Gasteiger charge is -2.09. The minimum absolute atomic E-state index is 0.179. The van der Waals surface area contributed by atoms with Crippen LogP contribution < -0.4 is 10.6 Å². The number of hydrogen-bond donors (Lipinski definition) is 2. The van der Waals surface area contributed by atoms with E-state index in [2.05, 4.69) is 22.8 Å². The summed E-state index contributed by atoms with van der Waals surface area (Å²) in [7, 11) is 1.59. The molecule has 0 bridgehead atoms. The maximum absolute atomic E-state index is 11.7. The van der Waals surface area contributed by atoms with Crippen LogP contribution in [0.25, 0.3) is 0 Å². The van der Waals surface area contributed by atoms with Crippen molar-refractivity contribution in [2.75, 3.05) is 18.9 Å². The summed E-state index contributed by atoms with van der Waals surface area (Å²) in [6, 6.07) is 15.6. The molecule has 0 unspecified atom stereocenters. The topological polar surface area (TPSA) is 41.1 Å². The van der Waals surface area contributed by atoms with Crippen LogP contribution in [0.5, 0.6) is 0 Å². The van der Waals surface area contributed by atoms with E-state index in [0.29, 0.717) is 10.6 Å². The highest BCUT2D eigenvalue weighted by molar-refractivity contribution is 6.34. The zero-order valence-electron chi connectivity index (χ0n) is 11.3. The van der Waals surface area contributed by atoms with Crippen molar-refractivity contribution >= 4 is 23.2 Å². The third-order valence-corrected chi connectivity index (χ3v) is 3.35. The average molecular weight is 289 g/mol. The van der Waals surface area contributed by atoms with Crippen LogP contribution in [0.3, 0.4) is 0 Å². The van der Waals surface area contributed by atoms with Crippen molar-refractivity contribution in [3.63, 3.8) is 0 Å². The first kappa shape index (κ1) is 14.4. The zero-order chi connectivity index (χ0) is 14.4. The second kappa shape index (κ2) is 6.96. The van der Waals surface area contributed by atoms with E-state index < -0.39 is 0 Å². The fourth-order valence-electron chi connectivity index (χ4n) is 1.94. The van der Waals surface area contributed by atoms with Gasteiger partial charge in [0.05, 0.1) is 10.6 Å². The van der Waals surface area contributed by atoms with E-state index in [-0.39, 0.29) is 5.91 Å². The van der Waals surface area contributed by atoms with E-state index in [1.54, 1.807) is 19.2 Å². The van der Waals surface area contributed by atoms with E-state index in [9.17, 15) is 4.79 Å². The standard InChI is InChI=1S/C16H17ClN2O/c1-18-16(20)14-11-13(7-8-15(14)17)19-10-9-12-5-3-2-4-6-12/h2-8,11,19H,9-10H2,1H3,(H,18,20). The average Bonchev–Trinajstić information content (AvgIpc) is 2.49. The van der Waals surface area contributed by atoms with Crippen LogP contribution >= 0.6 is 11.6 Å². The molecule has 0 aliphatic rings. The maximum atomic E-state index is 11.7. The lowest BCUT2D eigenvalue weighted by molar-refractivity contribution is 0.0963. The number of hydrogen-bond acceptors (Lipinski definition) is 2. The Morgan fingerprint density at radius 1 is 1.15 bits per heavy atom. The summed E-state index contributed by atoms with van der Waals surface area (Å²) in [5, 5.41) is 6.34. The Balaban J connectivity index is 1.98. The third-order valence-electron chi connectivity index (χ3n) is 3.02. The molecular weight excluding hydrogens is 272 g/mol. The number of carbonyl (C=O) groups is 1. The Labute approximate surface area is 124 Å². The predicted octanol–water partition coefficient (Wildman–Crippen LogP) is 3.35. The molecule has 20 heavy (non-hydrogen) atoms. The summed E-state index contributed by atoms with van der Waals surface area (Å²) < 4.78 is 0. The van der Waals surface area contributed by atoms with Crippen LogP contribution in [0, 0.1) is 0 Å². The van der Waals surface area contributed by atoms with Crippen molar-refractivity contribution in [3.05, 3.63) is 64.7 Å².